The van der Waals surface area contributed by atoms with Crippen molar-refractivity contribution < 1.29 is 28.5 Å². The summed E-state index contributed by atoms with van der Waals surface area (Å²) < 4.78 is 26.5. The zero-order valence-electron chi connectivity index (χ0n) is 15.5. The van der Waals surface area contributed by atoms with Gasteiger partial charge < -0.3 is 23.7 Å². The van der Waals surface area contributed by atoms with Gasteiger partial charge in [0.2, 0.25) is 5.75 Å². The van der Waals surface area contributed by atoms with E-state index in [-0.39, 0.29) is 19.0 Å². The number of carbonyl (C=O) groups is 1. The summed E-state index contributed by atoms with van der Waals surface area (Å²) in [5.74, 6) is 1.15. The topological polar surface area (TPSA) is 63.2 Å². The normalized spacial score (nSPS) is 10.3. The molecule has 0 heterocycles. The Morgan fingerprint density at radius 2 is 1.42 bits per heavy atom. The molecule has 0 aliphatic heterocycles. The van der Waals surface area contributed by atoms with Crippen molar-refractivity contribution in [3.8, 4) is 17.2 Å². The van der Waals surface area contributed by atoms with Gasteiger partial charge in [0.15, 0.2) is 11.5 Å². The zero-order valence-corrected chi connectivity index (χ0v) is 15.5. The van der Waals surface area contributed by atoms with Crippen LogP contribution in [0.1, 0.15) is 16.7 Å². The number of hydrogen-bond acceptors (Lipinski definition) is 6. The van der Waals surface area contributed by atoms with Gasteiger partial charge in [-0.2, -0.15) is 0 Å². The summed E-state index contributed by atoms with van der Waals surface area (Å²) in [4.78, 5) is 12.2. The Balaban J connectivity index is 2.06. The monoisotopic (exact) mass is 360 g/mol. The predicted octanol–water partition coefficient (Wildman–Crippen LogP) is 3.14. The quantitative estimate of drug-likeness (QED) is 0.640. The molecule has 0 saturated heterocycles. The van der Waals surface area contributed by atoms with Crippen molar-refractivity contribution in [2.24, 2.45) is 0 Å². The molecule has 6 nitrogen and oxygen atoms in total. The van der Waals surface area contributed by atoms with E-state index < -0.39 is 0 Å². The maximum absolute atomic E-state index is 12.2. The molecule has 0 radical (unpaired) electrons. The molecule has 0 unspecified atom stereocenters. The Kier molecular flexibility index (Phi) is 7.29. The van der Waals surface area contributed by atoms with Crippen LogP contribution in [0.15, 0.2) is 36.4 Å². The minimum Gasteiger partial charge on any atom is -0.493 e. The van der Waals surface area contributed by atoms with Gasteiger partial charge in [-0.15, -0.1) is 0 Å². The summed E-state index contributed by atoms with van der Waals surface area (Å²) in [5, 5.41) is 0. The smallest absolute Gasteiger partial charge is 0.310 e. The van der Waals surface area contributed by atoms with Gasteiger partial charge >= 0.3 is 5.97 Å². The van der Waals surface area contributed by atoms with E-state index in [2.05, 4.69) is 0 Å². The second-order valence-corrected chi connectivity index (χ2v) is 5.57. The van der Waals surface area contributed by atoms with Crippen molar-refractivity contribution in [2.45, 2.75) is 19.6 Å². The lowest BCUT2D eigenvalue weighted by molar-refractivity contribution is -0.144. The molecule has 2 aromatic carbocycles. The van der Waals surface area contributed by atoms with Crippen LogP contribution in [0, 0.1) is 0 Å². The SMILES string of the molecule is COCc1ccccc1COC(=O)Cc1cc(OC)c(OC)c(OC)c1. The summed E-state index contributed by atoms with van der Waals surface area (Å²) in [6, 6.07) is 11.2. The molecule has 140 valence electrons. The molecule has 0 saturated carbocycles. The average molecular weight is 360 g/mol. The molecule has 0 aliphatic carbocycles. The van der Waals surface area contributed by atoms with Gasteiger partial charge in [-0.3, -0.25) is 4.79 Å². The highest BCUT2D eigenvalue weighted by molar-refractivity contribution is 5.73. The summed E-state index contributed by atoms with van der Waals surface area (Å²) >= 11 is 0. The zero-order chi connectivity index (χ0) is 18.9. The Morgan fingerprint density at radius 3 is 1.92 bits per heavy atom. The van der Waals surface area contributed by atoms with Gasteiger partial charge in [-0.25, -0.2) is 0 Å². The molecule has 26 heavy (non-hydrogen) atoms. The number of hydrogen-bond donors (Lipinski definition) is 0. The van der Waals surface area contributed by atoms with Gasteiger partial charge in [0.05, 0.1) is 34.4 Å². The molecule has 0 fully saturated rings. The maximum Gasteiger partial charge on any atom is 0.310 e. The first-order valence-corrected chi connectivity index (χ1v) is 8.13. The van der Waals surface area contributed by atoms with E-state index in [9.17, 15) is 4.79 Å². The minimum atomic E-state index is -0.341. The van der Waals surface area contributed by atoms with Crippen LogP contribution in [-0.2, 0) is 33.9 Å². The van der Waals surface area contributed by atoms with Crippen molar-refractivity contribution >= 4 is 5.97 Å². The fourth-order valence-electron chi connectivity index (χ4n) is 2.61. The van der Waals surface area contributed by atoms with E-state index >= 15 is 0 Å². The van der Waals surface area contributed by atoms with E-state index in [1.165, 1.54) is 21.3 Å². The van der Waals surface area contributed by atoms with E-state index in [1.807, 2.05) is 24.3 Å². The van der Waals surface area contributed by atoms with Crippen LogP contribution >= 0.6 is 0 Å². The van der Waals surface area contributed by atoms with Crippen molar-refractivity contribution in [3.63, 3.8) is 0 Å². The second kappa shape index (κ2) is 9.68. The lowest BCUT2D eigenvalue weighted by atomic mass is 10.1. The molecule has 0 atom stereocenters. The van der Waals surface area contributed by atoms with Crippen LogP contribution in [0.5, 0.6) is 17.2 Å². The Labute approximate surface area is 153 Å². The number of rotatable bonds is 9. The minimum absolute atomic E-state index is 0.100. The van der Waals surface area contributed by atoms with Crippen molar-refractivity contribution in [2.75, 3.05) is 28.4 Å². The van der Waals surface area contributed by atoms with E-state index in [0.29, 0.717) is 23.9 Å². The average Bonchev–Trinajstić information content (AvgIpc) is 2.66. The van der Waals surface area contributed by atoms with Gasteiger partial charge in [-0.05, 0) is 28.8 Å². The number of carbonyl (C=O) groups excluding carboxylic acids is 1. The second-order valence-electron chi connectivity index (χ2n) is 5.57. The van der Waals surface area contributed by atoms with Crippen LogP contribution in [0.25, 0.3) is 0 Å². The number of methoxy groups -OCH3 is 4. The van der Waals surface area contributed by atoms with Crippen molar-refractivity contribution in [1.82, 2.24) is 0 Å². The Bertz CT molecular complexity index is 716. The molecule has 0 bridgehead atoms. The van der Waals surface area contributed by atoms with Crippen LogP contribution in [0.2, 0.25) is 0 Å². The molecular weight excluding hydrogens is 336 g/mol. The molecule has 2 rings (SSSR count). The maximum atomic E-state index is 12.2. The van der Waals surface area contributed by atoms with Crippen molar-refractivity contribution in [3.05, 3.63) is 53.1 Å². The molecule has 0 aliphatic rings. The number of esters is 1. The Morgan fingerprint density at radius 1 is 0.846 bits per heavy atom. The first-order valence-electron chi connectivity index (χ1n) is 8.13. The lowest BCUT2D eigenvalue weighted by Crippen LogP contribution is -2.10. The van der Waals surface area contributed by atoms with E-state index in [1.54, 1.807) is 19.2 Å². The third-order valence-corrected chi connectivity index (χ3v) is 3.88. The van der Waals surface area contributed by atoms with E-state index in [4.69, 9.17) is 23.7 Å². The fourth-order valence-corrected chi connectivity index (χ4v) is 2.61. The third kappa shape index (κ3) is 4.89. The highest BCUT2D eigenvalue weighted by Crippen LogP contribution is 2.38. The van der Waals surface area contributed by atoms with Gasteiger partial charge in [0.25, 0.3) is 0 Å². The molecule has 0 amide bonds. The summed E-state index contributed by atoms with van der Waals surface area (Å²) in [7, 11) is 6.23. The summed E-state index contributed by atoms with van der Waals surface area (Å²) in [6.07, 6.45) is 0.100. The van der Waals surface area contributed by atoms with Crippen LogP contribution in [0.3, 0.4) is 0 Å². The molecular formula is C20H24O6. The van der Waals surface area contributed by atoms with Crippen LogP contribution < -0.4 is 14.2 Å². The molecule has 0 spiro atoms. The van der Waals surface area contributed by atoms with Gasteiger partial charge in [-0.1, -0.05) is 24.3 Å². The molecule has 2 aromatic rings. The van der Waals surface area contributed by atoms with Crippen LogP contribution in [0.4, 0.5) is 0 Å². The number of benzene rings is 2. The number of ether oxygens (including phenoxy) is 5. The first-order chi connectivity index (χ1) is 12.6. The first kappa shape index (κ1) is 19.6. The summed E-state index contributed by atoms with van der Waals surface area (Å²) in [5.41, 5.74) is 2.64. The Hall–Kier alpha value is -2.73. The molecule has 6 heteroatoms. The predicted molar refractivity (Wildman–Crippen MR) is 96.8 cm³/mol. The fraction of sp³-hybridized carbons (Fsp3) is 0.350. The molecule has 0 aromatic heterocycles. The van der Waals surface area contributed by atoms with Crippen molar-refractivity contribution in [1.29, 1.82) is 0 Å². The summed E-state index contributed by atoms with van der Waals surface area (Å²) in [6.45, 7) is 0.670. The highest BCUT2D eigenvalue weighted by Gasteiger charge is 2.15. The van der Waals surface area contributed by atoms with E-state index in [0.717, 1.165) is 16.7 Å². The molecule has 0 N–H and O–H groups in total. The highest BCUT2D eigenvalue weighted by atomic mass is 16.5. The van der Waals surface area contributed by atoms with Crippen LogP contribution in [-0.4, -0.2) is 34.4 Å². The third-order valence-electron chi connectivity index (χ3n) is 3.88. The van der Waals surface area contributed by atoms with Gasteiger partial charge in [0, 0.05) is 7.11 Å². The van der Waals surface area contributed by atoms with Gasteiger partial charge in [0.1, 0.15) is 6.61 Å². The standard InChI is InChI=1S/C20H24O6/c1-22-12-15-7-5-6-8-16(15)13-26-19(21)11-14-9-17(23-2)20(25-4)18(10-14)24-3/h5-10H,11-13H2,1-4H3. The largest absolute Gasteiger partial charge is 0.493 e. The lowest BCUT2D eigenvalue weighted by Gasteiger charge is -2.14.